The van der Waals surface area contributed by atoms with Gasteiger partial charge in [0, 0.05) is 18.0 Å². The molecule has 18 heavy (non-hydrogen) atoms. The largest absolute Gasteiger partial charge is 0.339 e. The lowest BCUT2D eigenvalue weighted by atomic mass is 10.2. The van der Waals surface area contributed by atoms with E-state index in [1.165, 1.54) is 12.1 Å². The van der Waals surface area contributed by atoms with Crippen LogP contribution >= 0.6 is 11.6 Å². The Kier molecular flexibility index (Phi) is 3.93. The molecule has 0 saturated heterocycles. The maximum atomic E-state index is 13.0. The summed E-state index contributed by atoms with van der Waals surface area (Å²) in [7, 11) is 0. The molecule has 0 aliphatic carbocycles. The first-order chi connectivity index (χ1) is 8.60. The summed E-state index contributed by atoms with van der Waals surface area (Å²) >= 11 is 5.70. The van der Waals surface area contributed by atoms with Crippen molar-refractivity contribution in [2.24, 2.45) is 5.73 Å². The molecule has 1 aromatic heterocycles. The number of aromatic nitrogens is 2. The second kappa shape index (κ2) is 5.46. The topological polar surface area (TPSA) is 64.9 Å². The lowest BCUT2D eigenvalue weighted by Crippen LogP contribution is -2.21. The van der Waals surface area contributed by atoms with Gasteiger partial charge in [0.2, 0.25) is 11.7 Å². The van der Waals surface area contributed by atoms with Crippen molar-refractivity contribution in [2.45, 2.75) is 25.8 Å². The zero-order valence-electron chi connectivity index (χ0n) is 9.86. The lowest BCUT2D eigenvalue weighted by Gasteiger charge is -2.02. The zero-order valence-corrected chi connectivity index (χ0v) is 10.6. The van der Waals surface area contributed by atoms with Crippen LogP contribution in [0.3, 0.4) is 0 Å². The monoisotopic (exact) mass is 269 g/mol. The molecule has 2 N–H and O–H groups in total. The first kappa shape index (κ1) is 13.0. The first-order valence-electron chi connectivity index (χ1n) is 5.63. The number of nitrogens with zero attached hydrogens (tertiary/aromatic N) is 2. The Morgan fingerprint density at radius 2 is 2.28 bits per heavy atom. The minimum atomic E-state index is -0.475. The van der Waals surface area contributed by atoms with Crippen LogP contribution in [0.15, 0.2) is 22.7 Å². The minimum absolute atomic E-state index is 0.00453. The summed E-state index contributed by atoms with van der Waals surface area (Å²) in [6, 6.07) is 4.28. The van der Waals surface area contributed by atoms with E-state index in [1.54, 1.807) is 6.07 Å². The second-order valence-corrected chi connectivity index (χ2v) is 4.42. The van der Waals surface area contributed by atoms with Gasteiger partial charge in [-0.2, -0.15) is 4.98 Å². The van der Waals surface area contributed by atoms with Crippen molar-refractivity contribution in [3.63, 3.8) is 0 Å². The molecule has 4 nitrogen and oxygen atoms in total. The van der Waals surface area contributed by atoms with Crippen molar-refractivity contribution in [1.29, 1.82) is 0 Å². The highest BCUT2D eigenvalue weighted by Gasteiger charge is 2.12. The fourth-order valence-corrected chi connectivity index (χ4v) is 1.64. The summed E-state index contributed by atoms with van der Waals surface area (Å²) in [6.07, 6.45) is 1.36. The average Bonchev–Trinajstić information content (AvgIpc) is 2.81. The van der Waals surface area contributed by atoms with Gasteiger partial charge in [0.05, 0.1) is 5.02 Å². The van der Waals surface area contributed by atoms with Crippen molar-refractivity contribution in [3.05, 3.63) is 34.9 Å². The molecule has 0 spiro atoms. The Balaban J connectivity index is 2.21. The van der Waals surface area contributed by atoms with Gasteiger partial charge in [0.1, 0.15) is 5.82 Å². The van der Waals surface area contributed by atoms with Gasteiger partial charge in [-0.3, -0.25) is 0 Å². The van der Waals surface area contributed by atoms with Crippen LogP contribution in [0.1, 0.15) is 19.2 Å². The van der Waals surface area contributed by atoms with Crippen LogP contribution in [0.5, 0.6) is 0 Å². The number of benzene rings is 1. The number of hydrogen-bond donors (Lipinski definition) is 1. The van der Waals surface area contributed by atoms with Crippen molar-refractivity contribution >= 4 is 11.6 Å². The SMILES string of the molecule is CCC(N)Cc1nc(-c2ccc(F)c(Cl)c2)no1. The van der Waals surface area contributed by atoms with Gasteiger partial charge < -0.3 is 10.3 Å². The molecule has 1 atom stereocenters. The predicted octanol–water partition coefficient (Wildman–Crippen LogP) is 2.81. The van der Waals surface area contributed by atoms with E-state index in [1.807, 2.05) is 6.92 Å². The fraction of sp³-hybridized carbons (Fsp3) is 0.333. The summed E-state index contributed by atoms with van der Waals surface area (Å²) in [4.78, 5) is 4.20. The van der Waals surface area contributed by atoms with Gasteiger partial charge in [0.15, 0.2) is 0 Å². The normalized spacial score (nSPS) is 12.7. The van der Waals surface area contributed by atoms with Gasteiger partial charge in [0.25, 0.3) is 0 Å². The molecule has 2 rings (SSSR count). The third-order valence-corrected chi connectivity index (χ3v) is 2.90. The van der Waals surface area contributed by atoms with E-state index in [2.05, 4.69) is 10.1 Å². The molecule has 0 aliphatic heterocycles. The van der Waals surface area contributed by atoms with E-state index in [4.69, 9.17) is 21.9 Å². The lowest BCUT2D eigenvalue weighted by molar-refractivity contribution is 0.368. The molecule has 0 amide bonds. The van der Waals surface area contributed by atoms with Crippen LogP contribution in [-0.2, 0) is 6.42 Å². The van der Waals surface area contributed by atoms with Gasteiger partial charge in [-0.1, -0.05) is 23.7 Å². The highest BCUT2D eigenvalue weighted by molar-refractivity contribution is 6.31. The van der Waals surface area contributed by atoms with E-state index < -0.39 is 5.82 Å². The second-order valence-electron chi connectivity index (χ2n) is 4.01. The van der Waals surface area contributed by atoms with E-state index in [-0.39, 0.29) is 11.1 Å². The molecule has 2 aromatic rings. The number of nitrogens with two attached hydrogens (primary N) is 1. The Hall–Kier alpha value is -1.46. The van der Waals surface area contributed by atoms with E-state index in [9.17, 15) is 4.39 Å². The van der Waals surface area contributed by atoms with Crippen molar-refractivity contribution in [3.8, 4) is 11.4 Å². The molecular weight excluding hydrogens is 257 g/mol. The third kappa shape index (κ3) is 2.86. The zero-order chi connectivity index (χ0) is 13.1. The predicted molar refractivity (Wildman–Crippen MR) is 66.7 cm³/mol. The molecule has 1 unspecified atom stereocenters. The highest BCUT2D eigenvalue weighted by atomic mass is 35.5. The summed E-state index contributed by atoms with van der Waals surface area (Å²) in [5, 5.41) is 3.85. The smallest absolute Gasteiger partial charge is 0.228 e. The summed E-state index contributed by atoms with van der Waals surface area (Å²) in [5.41, 5.74) is 6.41. The van der Waals surface area contributed by atoms with Crippen LogP contribution in [0.4, 0.5) is 4.39 Å². The summed E-state index contributed by atoms with van der Waals surface area (Å²) in [6.45, 7) is 1.99. The van der Waals surface area contributed by atoms with Crippen molar-refractivity contribution < 1.29 is 8.91 Å². The van der Waals surface area contributed by atoms with Crippen molar-refractivity contribution in [2.75, 3.05) is 0 Å². The fourth-order valence-electron chi connectivity index (χ4n) is 1.46. The van der Waals surface area contributed by atoms with Crippen molar-refractivity contribution in [1.82, 2.24) is 10.1 Å². The summed E-state index contributed by atoms with van der Waals surface area (Å²) in [5.74, 6) is 0.382. The Morgan fingerprint density at radius 3 is 2.94 bits per heavy atom. The molecule has 0 aliphatic rings. The molecule has 0 bridgehead atoms. The van der Waals surface area contributed by atoms with Crippen LogP contribution in [0.25, 0.3) is 11.4 Å². The van der Waals surface area contributed by atoms with Gasteiger partial charge in [-0.05, 0) is 24.6 Å². The van der Waals surface area contributed by atoms with E-state index >= 15 is 0 Å². The number of hydrogen-bond acceptors (Lipinski definition) is 4. The number of halogens is 2. The van der Waals surface area contributed by atoms with Crippen LogP contribution in [0, 0.1) is 5.82 Å². The Labute approximate surface area is 109 Å². The van der Waals surface area contributed by atoms with Gasteiger partial charge >= 0.3 is 0 Å². The standard InChI is InChI=1S/C12H13ClFN3O/c1-2-8(15)6-11-16-12(17-18-11)7-3-4-10(14)9(13)5-7/h3-5,8H,2,6,15H2,1H3. The molecule has 0 radical (unpaired) electrons. The maximum absolute atomic E-state index is 13.0. The molecule has 1 heterocycles. The first-order valence-corrected chi connectivity index (χ1v) is 6.01. The number of rotatable bonds is 4. The van der Waals surface area contributed by atoms with Crippen LogP contribution < -0.4 is 5.73 Å². The van der Waals surface area contributed by atoms with E-state index in [0.29, 0.717) is 23.7 Å². The van der Waals surface area contributed by atoms with E-state index in [0.717, 1.165) is 6.42 Å². The average molecular weight is 270 g/mol. The minimum Gasteiger partial charge on any atom is -0.339 e. The Morgan fingerprint density at radius 1 is 1.50 bits per heavy atom. The molecule has 6 heteroatoms. The summed E-state index contributed by atoms with van der Waals surface area (Å²) < 4.78 is 18.1. The van der Waals surface area contributed by atoms with Crippen LogP contribution in [0.2, 0.25) is 5.02 Å². The molecular formula is C12H13ClFN3O. The molecule has 1 aromatic carbocycles. The molecule has 0 saturated carbocycles. The molecule has 0 fully saturated rings. The third-order valence-electron chi connectivity index (χ3n) is 2.61. The Bertz CT molecular complexity index is 544. The maximum Gasteiger partial charge on any atom is 0.228 e. The van der Waals surface area contributed by atoms with Crippen LogP contribution in [-0.4, -0.2) is 16.2 Å². The molecule has 96 valence electrons. The van der Waals surface area contributed by atoms with Gasteiger partial charge in [-0.25, -0.2) is 4.39 Å². The quantitative estimate of drug-likeness (QED) is 0.927. The van der Waals surface area contributed by atoms with Gasteiger partial charge in [-0.15, -0.1) is 0 Å². The highest BCUT2D eigenvalue weighted by Crippen LogP contribution is 2.22.